The SMILES string of the molecule is C[C@H](Cn1cc(Br)cn1)C(=O)Nc1ccc(C(F)(F)F)cc1. The van der Waals surface area contributed by atoms with Gasteiger partial charge < -0.3 is 5.32 Å². The van der Waals surface area contributed by atoms with Gasteiger partial charge in [0, 0.05) is 11.9 Å². The maximum atomic E-state index is 12.5. The van der Waals surface area contributed by atoms with Crippen molar-refractivity contribution >= 4 is 27.5 Å². The molecule has 0 aliphatic carbocycles. The summed E-state index contributed by atoms with van der Waals surface area (Å²) in [7, 11) is 0. The highest BCUT2D eigenvalue weighted by molar-refractivity contribution is 9.10. The van der Waals surface area contributed by atoms with Crippen LogP contribution < -0.4 is 5.32 Å². The standard InChI is InChI=1S/C14H13BrF3N3O/c1-9(7-21-8-11(15)6-19-21)13(22)20-12-4-2-10(3-5-12)14(16,17)18/h2-6,8-9H,7H2,1H3,(H,20,22)/t9-/m1/s1. The molecule has 2 aromatic rings. The third-order valence-electron chi connectivity index (χ3n) is 2.99. The van der Waals surface area contributed by atoms with Gasteiger partial charge in [-0.1, -0.05) is 6.92 Å². The van der Waals surface area contributed by atoms with Crippen molar-refractivity contribution in [3.63, 3.8) is 0 Å². The molecule has 0 saturated carbocycles. The number of anilines is 1. The van der Waals surface area contributed by atoms with Gasteiger partial charge in [0.25, 0.3) is 0 Å². The molecule has 1 heterocycles. The zero-order valence-corrected chi connectivity index (χ0v) is 13.1. The Balaban J connectivity index is 1.96. The zero-order chi connectivity index (χ0) is 16.3. The monoisotopic (exact) mass is 375 g/mol. The first-order valence-electron chi connectivity index (χ1n) is 6.42. The lowest BCUT2D eigenvalue weighted by Crippen LogP contribution is -2.24. The van der Waals surface area contributed by atoms with Crippen LogP contribution in [0.4, 0.5) is 18.9 Å². The Morgan fingerprint density at radius 2 is 2.00 bits per heavy atom. The van der Waals surface area contributed by atoms with Gasteiger partial charge in [0.2, 0.25) is 5.91 Å². The summed E-state index contributed by atoms with van der Waals surface area (Å²) in [4.78, 5) is 12.0. The summed E-state index contributed by atoms with van der Waals surface area (Å²) in [5.74, 6) is -0.666. The molecule has 0 spiro atoms. The lowest BCUT2D eigenvalue weighted by molar-refractivity contribution is -0.137. The number of amides is 1. The van der Waals surface area contributed by atoms with Crippen LogP contribution in [0.3, 0.4) is 0 Å². The minimum atomic E-state index is -4.39. The number of carbonyl (C=O) groups is 1. The van der Waals surface area contributed by atoms with Gasteiger partial charge in [-0.15, -0.1) is 0 Å². The van der Waals surface area contributed by atoms with Crippen LogP contribution in [0.25, 0.3) is 0 Å². The molecule has 0 fully saturated rings. The predicted octanol–water partition coefficient (Wildman–Crippen LogP) is 3.94. The molecule has 22 heavy (non-hydrogen) atoms. The first-order chi connectivity index (χ1) is 10.3. The van der Waals surface area contributed by atoms with Crippen LogP contribution in [0.15, 0.2) is 41.1 Å². The summed E-state index contributed by atoms with van der Waals surface area (Å²) in [5, 5.41) is 6.64. The number of hydrogen-bond donors (Lipinski definition) is 1. The van der Waals surface area contributed by atoms with E-state index < -0.39 is 11.7 Å². The number of rotatable bonds is 4. The van der Waals surface area contributed by atoms with Crippen molar-refractivity contribution in [2.45, 2.75) is 19.6 Å². The van der Waals surface area contributed by atoms with Gasteiger partial charge in [-0.05, 0) is 40.2 Å². The van der Waals surface area contributed by atoms with E-state index in [1.807, 2.05) is 0 Å². The van der Waals surface area contributed by atoms with Gasteiger partial charge in [-0.3, -0.25) is 9.48 Å². The molecule has 0 saturated heterocycles. The molecule has 0 radical (unpaired) electrons. The summed E-state index contributed by atoms with van der Waals surface area (Å²) in [6.45, 7) is 2.09. The Kier molecular flexibility index (Phi) is 4.90. The quantitative estimate of drug-likeness (QED) is 0.879. The van der Waals surface area contributed by atoms with Crippen molar-refractivity contribution in [1.82, 2.24) is 9.78 Å². The van der Waals surface area contributed by atoms with Crippen LogP contribution in [0.2, 0.25) is 0 Å². The molecular formula is C14H13BrF3N3O. The van der Waals surface area contributed by atoms with E-state index in [0.29, 0.717) is 12.2 Å². The molecule has 1 aromatic heterocycles. The van der Waals surface area contributed by atoms with Crippen molar-refractivity contribution in [3.05, 3.63) is 46.7 Å². The van der Waals surface area contributed by atoms with Gasteiger partial charge in [0.15, 0.2) is 0 Å². The number of carbonyl (C=O) groups excluding carboxylic acids is 1. The molecule has 2 rings (SSSR count). The lowest BCUT2D eigenvalue weighted by atomic mass is 10.1. The van der Waals surface area contributed by atoms with Crippen molar-refractivity contribution in [2.75, 3.05) is 5.32 Å². The fraction of sp³-hybridized carbons (Fsp3) is 0.286. The number of nitrogens with zero attached hydrogens (tertiary/aromatic N) is 2. The largest absolute Gasteiger partial charge is 0.416 e. The van der Waals surface area contributed by atoms with Crippen molar-refractivity contribution in [2.24, 2.45) is 5.92 Å². The first-order valence-corrected chi connectivity index (χ1v) is 7.21. The topological polar surface area (TPSA) is 46.9 Å². The molecule has 0 aliphatic heterocycles. The Morgan fingerprint density at radius 1 is 1.36 bits per heavy atom. The van der Waals surface area contributed by atoms with Crippen LogP contribution in [0.5, 0.6) is 0 Å². The van der Waals surface area contributed by atoms with E-state index in [0.717, 1.165) is 16.6 Å². The Hall–Kier alpha value is -1.83. The van der Waals surface area contributed by atoms with Crippen LogP contribution in [0.1, 0.15) is 12.5 Å². The zero-order valence-electron chi connectivity index (χ0n) is 11.6. The molecular weight excluding hydrogens is 363 g/mol. The maximum Gasteiger partial charge on any atom is 0.416 e. The van der Waals surface area contributed by atoms with E-state index in [2.05, 4.69) is 26.3 Å². The van der Waals surface area contributed by atoms with Crippen LogP contribution >= 0.6 is 15.9 Å². The molecule has 1 N–H and O–H groups in total. The number of benzene rings is 1. The molecule has 1 amide bonds. The highest BCUT2D eigenvalue weighted by Crippen LogP contribution is 2.29. The van der Waals surface area contributed by atoms with Crippen LogP contribution in [-0.2, 0) is 17.5 Å². The Labute approximate surface area is 133 Å². The predicted molar refractivity (Wildman–Crippen MR) is 79.2 cm³/mol. The minimum Gasteiger partial charge on any atom is -0.326 e. The number of aromatic nitrogens is 2. The third-order valence-corrected chi connectivity index (χ3v) is 3.40. The van der Waals surface area contributed by atoms with E-state index in [1.54, 1.807) is 24.0 Å². The van der Waals surface area contributed by atoms with Crippen molar-refractivity contribution in [1.29, 1.82) is 0 Å². The van der Waals surface area contributed by atoms with Gasteiger partial charge in [-0.25, -0.2) is 0 Å². The van der Waals surface area contributed by atoms with Crippen molar-refractivity contribution in [3.8, 4) is 0 Å². The summed E-state index contributed by atoms with van der Waals surface area (Å²) >= 11 is 3.26. The Bertz CT molecular complexity index is 652. The number of nitrogens with one attached hydrogen (secondary N) is 1. The maximum absolute atomic E-state index is 12.5. The summed E-state index contributed by atoms with van der Waals surface area (Å²) < 4.78 is 39.8. The van der Waals surface area contributed by atoms with Gasteiger partial charge >= 0.3 is 6.18 Å². The van der Waals surface area contributed by atoms with Gasteiger partial charge in [0.05, 0.1) is 28.7 Å². The molecule has 0 aliphatic rings. The fourth-order valence-corrected chi connectivity index (χ4v) is 2.14. The molecule has 1 atom stereocenters. The lowest BCUT2D eigenvalue weighted by Gasteiger charge is -2.13. The molecule has 118 valence electrons. The van der Waals surface area contributed by atoms with Crippen LogP contribution in [-0.4, -0.2) is 15.7 Å². The second-order valence-corrected chi connectivity index (χ2v) is 5.76. The normalized spacial score (nSPS) is 13.0. The average Bonchev–Trinajstić information content (AvgIpc) is 2.83. The minimum absolute atomic E-state index is 0.286. The average molecular weight is 376 g/mol. The second kappa shape index (κ2) is 6.51. The molecule has 0 bridgehead atoms. The number of hydrogen-bond acceptors (Lipinski definition) is 2. The van der Waals surface area contributed by atoms with E-state index >= 15 is 0 Å². The summed E-state index contributed by atoms with van der Waals surface area (Å²) in [6, 6.07) is 4.34. The van der Waals surface area contributed by atoms with Crippen molar-refractivity contribution < 1.29 is 18.0 Å². The molecule has 4 nitrogen and oxygen atoms in total. The fourth-order valence-electron chi connectivity index (χ4n) is 1.81. The number of alkyl halides is 3. The van der Waals surface area contributed by atoms with Crippen LogP contribution in [0, 0.1) is 5.92 Å². The number of halogens is 4. The van der Waals surface area contributed by atoms with E-state index in [9.17, 15) is 18.0 Å². The Morgan fingerprint density at radius 3 is 2.50 bits per heavy atom. The third kappa shape index (κ3) is 4.33. The van der Waals surface area contributed by atoms with Gasteiger partial charge in [0.1, 0.15) is 0 Å². The molecule has 1 aromatic carbocycles. The van der Waals surface area contributed by atoms with E-state index in [1.165, 1.54) is 12.1 Å². The molecule has 8 heteroatoms. The van der Waals surface area contributed by atoms with Gasteiger partial charge in [-0.2, -0.15) is 18.3 Å². The highest BCUT2D eigenvalue weighted by atomic mass is 79.9. The summed E-state index contributed by atoms with van der Waals surface area (Å²) in [5.41, 5.74) is -0.425. The van der Waals surface area contributed by atoms with E-state index in [-0.39, 0.29) is 11.8 Å². The second-order valence-electron chi connectivity index (χ2n) is 4.85. The first kappa shape index (κ1) is 16.5. The molecule has 0 unspecified atom stereocenters. The van der Waals surface area contributed by atoms with E-state index in [4.69, 9.17) is 0 Å². The summed E-state index contributed by atoms with van der Waals surface area (Å²) in [6.07, 6.45) is -1.04. The highest BCUT2D eigenvalue weighted by Gasteiger charge is 2.30. The smallest absolute Gasteiger partial charge is 0.326 e.